The van der Waals surface area contributed by atoms with E-state index in [-0.39, 0.29) is 18.3 Å². The third-order valence-corrected chi connectivity index (χ3v) is 2.80. The van der Waals surface area contributed by atoms with Crippen molar-refractivity contribution in [3.05, 3.63) is 60.2 Å². The van der Waals surface area contributed by atoms with Gasteiger partial charge < -0.3 is 10.1 Å². The third-order valence-electron chi connectivity index (χ3n) is 2.80. The molecule has 0 aliphatic carbocycles. The number of carbonyl (C=O) groups excluding carboxylic acids is 2. The van der Waals surface area contributed by atoms with E-state index in [1.807, 2.05) is 30.3 Å². The van der Waals surface area contributed by atoms with Crippen LogP contribution in [-0.2, 0) is 16.0 Å². The highest BCUT2D eigenvalue weighted by Crippen LogP contribution is 2.17. The molecule has 21 heavy (non-hydrogen) atoms. The average Bonchev–Trinajstić information content (AvgIpc) is 2.46. The molecule has 4 heteroatoms. The van der Waals surface area contributed by atoms with E-state index in [9.17, 15) is 9.59 Å². The standard InChI is InChI=1S/C17H17NO3/c1-13(19)18-15-8-5-9-17(11-15)21-12-16(20)10-14-6-3-2-4-7-14/h2-9,11H,10,12H2,1H3,(H,18,19). The van der Waals surface area contributed by atoms with E-state index in [1.165, 1.54) is 6.92 Å². The molecule has 2 rings (SSSR count). The Bertz CT molecular complexity index is 623. The average molecular weight is 283 g/mol. The van der Waals surface area contributed by atoms with E-state index in [4.69, 9.17) is 4.74 Å². The fourth-order valence-electron chi connectivity index (χ4n) is 1.91. The van der Waals surface area contributed by atoms with Crippen molar-refractivity contribution in [2.45, 2.75) is 13.3 Å². The summed E-state index contributed by atoms with van der Waals surface area (Å²) in [7, 11) is 0. The molecule has 0 radical (unpaired) electrons. The first-order valence-corrected chi connectivity index (χ1v) is 6.69. The lowest BCUT2D eigenvalue weighted by molar-refractivity contribution is -0.120. The van der Waals surface area contributed by atoms with Gasteiger partial charge in [0.1, 0.15) is 12.4 Å². The Labute approximate surface area is 123 Å². The minimum atomic E-state index is -0.146. The maximum absolute atomic E-state index is 11.9. The zero-order valence-electron chi connectivity index (χ0n) is 11.8. The van der Waals surface area contributed by atoms with Crippen LogP contribution < -0.4 is 10.1 Å². The van der Waals surface area contributed by atoms with Gasteiger partial charge in [-0.05, 0) is 17.7 Å². The molecule has 0 saturated heterocycles. The summed E-state index contributed by atoms with van der Waals surface area (Å²) in [4.78, 5) is 22.8. The number of hydrogen-bond acceptors (Lipinski definition) is 3. The monoisotopic (exact) mass is 283 g/mol. The van der Waals surface area contributed by atoms with Crippen LogP contribution in [-0.4, -0.2) is 18.3 Å². The first-order chi connectivity index (χ1) is 10.1. The van der Waals surface area contributed by atoms with Gasteiger partial charge in [-0.1, -0.05) is 36.4 Å². The van der Waals surface area contributed by atoms with Crippen LogP contribution in [0.1, 0.15) is 12.5 Å². The molecular weight excluding hydrogens is 266 g/mol. The van der Waals surface area contributed by atoms with Crippen LogP contribution in [0.2, 0.25) is 0 Å². The molecule has 0 atom stereocenters. The fraction of sp³-hybridized carbons (Fsp3) is 0.176. The highest BCUT2D eigenvalue weighted by molar-refractivity contribution is 5.88. The molecule has 1 amide bonds. The van der Waals surface area contributed by atoms with Crippen molar-refractivity contribution in [2.24, 2.45) is 0 Å². The highest BCUT2D eigenvalue weighted by Gasteiger charge is 2.05. The zero-order chi connectivity index (χ0) is 15.1. The van der Waals surface area contributed by atoms with Gasteiger partial charge in [0, 0.05) is 25.1 Å². The van der Waals surface area contributed by atoms with Gasteiger partial charge >= 0.3 is 0 Å². The zero-order valence-corrected chi connectivity index (χ0v) is 11.8. The molecule has 0 aliphatic rings. The first kappa shape index (κ1) is 14.8. The number of benzene rings is 2. The second-order valence-electron chi connectivity index (χ2n) is 4.70. The van der Waals surface area contributed by atoms with E-state index in [0.29, 0.717) is 17.9 Å². The highest BCUT2D eigenvalue weighted by atomic mass is 16.5. The van der Waals surface area contributed by atoms with Crippen molar-refractivity contribution in [1.29, 1.82) is 0 Å². The molecule has 108 valence electrons. The summed E-state index contributed by atoms with van der Waals surface area (Å²) in [6.45, 7) is 1.45. The lowest BCUT2D eigenvalue weighted by Gasteiger charge is -2.08. The summed E-state index contributed by atoms with van der Waals surface area (Å²) in [5.74, 6) is 0.418. The fourth-order valence-corrected chi connectivity index (χ4v) is 1.91. The minimum Gasteiger partial charge on any atom is -0.486 e. The van der Waals surface area contributed by atoms with Crippen LogP contribution >= 0.6 is 0 Å². The van der Waals surface area contributed by atoms with Crippen molar-refractivity contribution in [2.75, 3.05) is 11.9 Å². The molecule has 0 heterocycles. The van der Waals surface area contributed by atoms with Crippen LogP contribution in [0.5, 0.6) is 5.75 Å². The van der Waals surface area contributed by atoms with Crippen LogP contribution in [0.25, 0.3) is 0 Å². The molecule has 0 fully saturated rings. The van der Waals surface area contributed by atoms with Crippen LogP contribution in [0.4, 0.5) is 5.69 Å². The molecule has 4 nitrogen and oxygen atoms in total. The molecular formula is C17H17NO3. The number of Topliss-reactive ketones (excluding diaryl/α,β-unsaturated/α-hetero) is 1. The number of amides is 1. The van der Waals surface area contributed by atoms with Crippen molar-refractivity contribution in [3.8, 4) is 5.75 Å². The lowest BCUT2D eigenvalue weighted by atomic mass is 10.1. The van der Waals surface area contributed by atoms with E-state index < -0.39 is 0 Å². The quantitative estimate of drug-likeness (QED) is 0.887. The van der Waals surface area contributed by atoms with E-state index in [0.717, 1.165) is 5.56 Å². The number of ether oxygens (including phenoxy) is 1. The summed E-state index contributed by atoms with van der Waals surface area (Å²) < 4.78 is 5.46. The van der Waals surface area contributed by atoms with Crippen molar-refractivity contribution in [1.82, 2.24) is 0 Å². The van der Waals surface area contributed by atoms with E-state index in [2.05, 4.69) is 5.32 Å². The molecule has 0 saturated carbocycles. The van der Waals surface area contributed by atoms with Crippen molar-refractivity contribution < 1.29 is 14.3 Å². The first-order valence-electron chi connectivity index (χ1n) is 6.69. The molecule has 2 aromatic rings. The Kier molecular flexibility index (Phi) is 5.10. The predicted octanol–water partition coefficient (Wildman–Crippen LogP) is 2.84. The van der Waals surface area contributed by atoms with Crippen LogP contribution in [0, 0.1) is 0 Å². The molecule has 0 bridgehead atoms. The van der Waals surface area contributed by atoms with Gasteiger partial charge in [-0.3, -0.25) is 9.59 Å². The molecule has 1 N–H and O–H groups in total. The van der Waals surface area contributed by atoms with Gasteiger partial charge in [-0.25, -0.2) is 0 Å². The second-order valence-corrected chi connectivity index (χ2v) is 4.70. The van der Waals surface area contributed by atoms with Gasteiger partial charge in [-0.15, -0.1) is 0 Å². The van der Waals surface area contributed by atoms with Gasteiger partial charge in [0.15, 0.2) is 5.78 Å². The van der Waals surface area contributed by atoms with E-state index >= 15 is 0 Å². The Morgan fingerprint density at radius 1 is 1.05 bits per heavy atom. The smallest absolute Gasteiger partial charge is 0.221 e. The normalized spacial score (nSPS) is 9.95. The second kappa shape index (κ2) is 7.24. The molecule has 2 aromatic carbocycles. The molecule has 0 aromatic heterocycles. The van der Waals surface area contributed by atoms with Gasteiger partial charge in [-0.2, -0.15) is 0 Å². The summed E-state index contributed by atoms with van der Waals surface area (Å²) in [6.07, 6.45) is 0.353. The SMILES string of the molecule is CC(=O)Nc1cccc(OCC(=O)Cc2ccccc2)c1. The number of rotatable bonds is 6. The largest absolute Gasteiger partial charge is 0.486 e. The van der Waals surface area contributed by atoms with Crippen LogP contribution in [0.15, 0.2) is 54.6 Å². The third kappa shape index (κ3) is 5.10. The number of anilines is 1. The lowest BCUT2D eigenvalue weighted by Crippen LogP contribution is -2.14. The Morgan fingerprint density at radius 3 is 2.52 bits per heavy atom. The maximum Gasteiger partial charge on any atom is 0.221 e. The Morgan fingerprint density at radius 2 is 1.81 bits per heavy atom. The van der Waals surface area contributed by atoms with Crippen molar-refractivity contribution in [3.63, 3.8) is 0 Å². The number of hydrogen-bond donors (Lipinski definition) is 1. The molecule has 0 spiro atoms. The van der Waals surface area contributed by atoms with Gasteiger partial charge in [0.2, 0.25) is 5.91 Å². The number of carbonyl (C=O) groups is 2. The summed E-state index contributed by atoms with van der Waals surface area (Å²) in [5.41, 5.74) is 1.62. The number of ketones is 1. The summed E-state index contributed by atoms with van der Waals surface area (Å²) >= 11 is 0. The maximum atomic E-state index is 11.9. The van der Waals surface area contributed by atoms with Gasteiger partial charge in [0.05, 0.1) is 0 Å². The van der Waals surface area contributed by atoms with Gasteiger partial charge in [0.25, 0.3) is 0 Å². The van der Waals surface area contributed by atoms with Crippen molar-refractivity contribution >= 4 is 17.4 Å². The van der Waals surface area contributed by atoms with Crippen LogP contribution in [0.3, 0.4) is 0 Å². The van der Waals surface area contributed by atoms with E-state index in [1.54, 1.807) is 24.3 Å². The predicted molar refractivity (Wildman–Crippen MR) is 81.4 cm³/mol. The Hall–Kier alpha value is -2.62. The molecule has 0 unspecified atom stereocenters. The molecule has 0 aliphatic heterocycles. The minimum absolute atomic E-state index is 0.00568. The number of nitrogens with one attached hydrogen (secondary N) is 1. The summed E-state index contributed by atoms with van der Waals surface area (Å²) in [5, 5.41) is 2.67. The Balaban J connectivity index is 1.88. The summed E-state index contributed by atoms with van der Waals surface area (Å²) in [6, 6.07) is 16.5. The topological polar surface area (TPSA) is 55.4 Å².